The molecule has 0 fully saturated rings. The van der Waals surface area contributed by atoms with Crippen LogP contribution in [0.1, 0.15) is 31.2 Å². The second-order valence-electron chi connectivity index (χ2n) is 6.38. The molecule has 0 saturated heterocycles. The number of carbonyl (C=O) groups is 3. The minimum atomic E-state index is -1.12. The van der Waals surface area contributed by atoms with Crippen LogP contribution in [0.5, 0.6) is 0 Å². The van der Waals surface area contributed by atoms with E-state index >= 15 is 0 Å². The van der Waals surface area contributed by atoms with E-state index in [0.717, 1.165) is 5.56 Å². The molecule has 2 rings (SSSR count). The van der Waals surface area contributed by atoms with Gasteiger partial charge in [0.25, 0.3) is 0 Å². The number of carboxylic acid groups (broad SMARTS) is 2. The first kappa shape index (κ1) is 23.1. The van der Waals surface area contributed by atoms with Crippen molar-refractivity contribution in [3.05, 3.63) is 29.8 Å². The molecule has 0 bridgehead atoms. The third kappa shape index (κ3) is 6.30. The number of rotatable bonds is 9. The summed E-state index contributed by atoms with van der Waals surface area (Å²) < 4.78 is 0. The number of nitrogens with two attached hydrogens (primary N) is 1. The smallest absolute Gasteiger partial charge is 0.323 e. The first-order valence-electron chi connectivity index (χ1n) is 8.74. The molecule has 27 heavy (non-hydrogen) atoms. The Balaban J connectivity index is 0.00000364. The van der Waals surface area contributed by atoms with E-state index in [0.29, 0.717) is 44.3 Å². The number of benzene rings is 1. The monoisotopic (exact) mass is 443 g/mol. The Morgan fingerprint density at radius 2 is 1.96 bits per heavy atom. The Morgan fingerprint density at radius 3 is 2.59 bits per heavy atom. The van der Waals surface area contributed by atoms with Crippen LogP contribution in [0.3, 0.4) is 0 Å². The Labute approximate surface area is 168 Å². The van der Waals surface area contributed by atoms with Gasteiger partial charge in [0.2, 0.25) is 5.91 Å². The van der Waals surface area contributed by atoms with Crippen LogP contribution in [0.15, 0.2) is 24.3 Å². The molecule has 0 aromatic heterocycles. The van der Waals surface area contributed by atoms with Gasteiger partial charge in [0.1, 0.15) is 12.6 Å². The van der Waals surface area contributed by atoms with E-state index in [1.54, 1.807) is 12.1 Å². The van der Waals surface area contributed by atoms with Gasteiger partial charge in [-0.05, 0) is 43.9 Å². The van der Waals surface area contributed by atoms with Crippen LogP contribution in [-0.4, -0.2) is 53.2 Å². The number of carboxylic acids is 2. The summed E-state index contributed by atoms with van der Waals surface area (Å²) >= 11 is 0. The first-order chi connectivity index (χ1) is 12.4. The van der Waals surface area contributed by atoms with Gasteiger partial charge in [-0.25, -0.2) is 0 Å². The van der Waals surface area contributed by atoms with Crippen LogP contribution >= 0.6 is 17.0 Å². The molecule has 1 aliphatic heterocycles. The number of para-hydroxylation sites is 1. The minimum absolute atomic E-state index is 0. The summed E-state index contributed by atoms with van der Waals surface area (Å²) in [7, 11) is 0. The number of hydrogen-bond acceptors (Lipinski definition) is 5. The van der Waals surface area contributed by atoms with E-state index in [4.69, 9.17) is 5.73 Å². The summed E-state index contributed by atoms with van der Waals surface area (Å²) in [6, 6.07) is 5.54. The van der Waals surface area contributed by atoms with E-state index in [1.165, 1.54) is 4.90 Å². The molecule has 2 atom stereocenters. The summed E-state index contributed by atoms with van der Waals surface area (Å²) in [6.45, 7) is 0.0232. The molecular weight excluding hydrogens is 418 g/mol. The number of hydrogen-bond donors (Lipinski definition) is 4. The van der Waals surface area contributed by atoms with Crippen LogP contribution in [0, 0.1) is 0 Å². The third-order valence-electron chi connectivity index (χ3n) is 4.49. The summed E-state index contributed by atoms with van der Waals surface area (Å²) in [5.74, 6) is -2.56. The van der Waals surface area contributed by atoms with Crippen LogP contribution in [0.4, 0.5) is 5.69 Å². The van der Waals surface area contributed by atoms with Crippen molar-refractivity contribution in [2.24, 2.45) is 5.73 Å². The SMILES string of the molecule is Br.NCCCC[C@H](N[C@H]1CCc2ccccc2N(CC(=O)O)C1=O)C(=O)O. The van der Waals surface area contributed by atoms with Crippen LogP contribution in [0.2, 0.25) is 0 Å². The fourth-order valence-corrected chi connectivity index (χ4v) is 3.18. The molecule has 0 spiro atoms. The highest BCUT2D eigenvalue weighted by Gasteiger charge is 2.33. The average Bonchev–Trinajstić information content (AvgIpc) is 2.72. The van der Waals surface area contributed by atoms with Crippen molar-refractivity contribution in [3.8, 4) is 0 Å². The van der Waals surface area contributed by atoms with Gasteiger partial charge in [-0.1, -0.05) is 24.6 Å². The fraction of sp³-hybridized carbons (Fsp3) is 0.500. The zero-order chi connectivity index (χ0) is 19.1. The Morgan fingerprint density at radius 1 is 1.26 bits per heavy atom. The first-order valence-corrected chi connectivity index (χ1v) is 8.74. The molecule has 0 radical (unpaired) electrons. The zero-order valence-corrected chi connectivity index (χ0v) is 16.7. The normalized spacial score (nSPS) is 17.4. The van der Waals surface area contributed by atoms with Gasteiger partial charge in [-0.15, -0.1) is 17.0 Å². The molecule has 1 aromatic rings. The fourth-order valence-electron chi connectivity index (χ4n) is 3.18. The number of fused-ring (bicyclic) bond motifs is 1. The van der Waals surface area contributed by atoms with Crippen molar-refractivity contribution < 1.29 is 24.6 Å². The molecular formula is C18H26BrN3O5. The molecule has 1 amide bonds. The summed E-state index contributed by atoms with van der Waals surface area (Å²) in [4.78, 5) is 36.9. The predicted molar refractivity (Wildman–Crippen MR) is 106 cm³/mol. The molecule has 1 heterocycles. The molecule has 8 nitrogen and oxygen atoms in total. The lowest BCUT2D eigenvalue weighted by Gasteiger charge is -2.26. The van der Waals surface area contributed by atoms with Gasteiger partial charge in [-0.3, -0.25) is 24.6 Å². The highest BCUT2D eigenvalue weighted by atomic mass is 79.9. The molecule has 1 aromatic carbocycles. The van der Waals surface area contributed by atoms with E-state index in [1.807, 2.05) is 12.1 Å². The number of nitrogens with one attached hydrogen (secondary N) is 1. The second kappa shape index (κ2) is 11.0. The predicted octanol–water partition coefficient (Wildman–Crippen LogP) is 1.17. The highest BCUT2D eigenvalue weighted by Crippen LogP contribution is 2.27. The number of aryl methyl sites for hydroxylation is 1. The molecule has 1 aliphatic rings. The Kier molecular flexibility index (Phi) is 9.40. The number of aliphatic carboxylic acids is 2. The van der Waals surface area contributed by atoms with Gasteiger partial charge in [0, 0.05) is 5.69 Å². The quantitative estimate of drug-likeness (QED) is 0.420. The summed E-state index contributed by atoms with van der Waals surface area (Å²) in [6.07, 6.45) is 2.68. The molecule has 5 N–H and O–H groups in total. The summed E-state index contributed by atoms with van der Waals surface area (Å²) in [5, 5.41) is 21.5. The zero-order valence-electron chi connectivity index (χ0n) is 15.0. The standard InChI is InChI=1S/C18H25N3O5.BrH/c19-10-4-3-6-14(18(25)26)20-13-9-8-12-5-1-2-7-15(12)21(17(13)24)11-16(22)23;/h1-2,5,7,13-14,20H,3-4,6,8-11,19H2,(H,22,23)(H,25,26);1H/t13-,14-;/m0./s1. The number of unbranched alkanes of at least 4 members (excludes halogenated alkanes) is 1. The van der Waals surface area contributed by atoms with Crippen molar-refractivity contribution >= 4 is 40.5 Å². The van der Waals surface area contributed by atoms with Gasteiger partial charge in [0.05, 0.1) is 6.04 Å². The Hall–Kier alpha value is -1.97. The van der Waals surface area contributed by atoms with Crippen LogP contribution in [0.25, 0.3) is 0 Å². The lowest BCUT2D eigenvalue weighted by Crippen LogP contribution is -2.52. The maximum atomic E-state index is 12.9. The van der Waals surface area contributed by atoms with Crippen molar-refractivity contribution in [1.29, 1.82) is 0 Å². The number of anilines is 1. The number of halogens is 1. The van der Waals surface area contributed by atoms with E-state index < -0.39 is 36.5 Å². The Bertz CT molecular complexity index is 670. The number of carbonyl (C=O) groups excluding carboxylic acids is 1. The van der Waals surface area contributed by atoms with Crippen LogP contribution in [-0.2, 0) is 20.8 Å². The lowest BCUT2D eigenvalue weighted by atomic mass is 10.0. The van der Waals surface area contributed by atoms with Crippen LogP contribution < -0.4 is 16.0 Å². The number of amides is 1. The van der Waals surface area contributed by atoms with E-state index in [-0.39, 0.29) is 17.0 Å². The third-order valence-corrected chi connectivity index (χ3v) is 4.49. The van der Waals surface area contributed by atoms with Crippen molar-refractivity contribution in [3.63, 3.8) is 0 Å². The minimum Gasteiger partial charge on any atom is -0.480 e. The molecule has 150 valence electrons. The molecule has 0 unspecified atom stereocenters. The number of nitrogens with zero attached hydrogens (tertiary/aromatic N) is 1. The molecule has 0 aliphatic carbocycles. The topological polar surface area (TPSA) is 133 Å². The van der Waals surface area contributed by atoms with Gasteiger partial charge in [-0.2, -0.15) is 0 Å². The van der Waals surface area contributed by atoms with E-state index in [9.17, 15) is 24.6 Å². The second-order valence-corrected chi connectivity index (χ2v) is 6.38. The van der Waals surface area contributed by atoms with Crippen molar-refractivity contribution in [1.82, 2.24) is 5.32 Å². The maximum absolute atomic E-state index is 12.9. The molecule has 9 heteroatoms. The lowest BCUT2D eigenvalue weighted by molar-refractivity contribution is -0.140. The van der Waals surface area contributed by atoms with E-state index in [2.05, 4.69) is 5.32 Å². The van der Waals surface area contributed by atoms with Crippen molar-refractivity contribution in [2.45, 2.75) is 44.2 Å². The maximum Gasteiger partial charge on any atom is 0.323 e. The largest absolute Gasteiger partial charge is 0.480 e. The van der Waals surface area contributed by atoms with Gasteiger partial charge < -0.3 is 15.9 Å². The average molecular weight is 444 g/mol. The summed E-state index contributed by atoms with van der Waals surface area (Å²) in [5.41, 5.74) is 6.89. The van der Waals surface area contributed by atoms with Crippen molar-refractivity contribution in [2.75, 3.05) is 18.0 Å². The molecule has 0 saturated carbocycles. The highest BCUT2D eigenvalue weighted by molar-refractivity contribution is 8.93. The van der Waals surface area contributed by atoms with Gasteiger partial charge >= 0.3 is 11.9 Å². The van der Waals surface area contributed by atoms with Gasteiger partial charge in [0.15, 0.2) is 0 Å².